The molecule has 0 radical (unpaired) electrons. The van der Waals surface area contributed by atoms with E-state index in [9.17, 15) is 4.79 Å². The summed E-state index contributed by atoms with van der Waals surface area (Å²) in [4.78, 5) is 16.5. The summed E-state index contributed by atoms with van der Waals surface area (Å²) < 4.78 is 15.2. The number of hydrogen-bond donors (Lipinski definition) is 1. The summed E-state index contributed by atoms with van der Waals surface area (Å²) in [6.45, 7) is 3.91. The van der Waals surface area contributed by atoms with E-state index in [-0.39, 0.29) is 18.5 Å². The molecule has 1 aliphatic carbocycles. The molecule has 1 amide bonds. The summed E-state index contributed by atoms with van der Waals surface area (Å²) in [5, 5.41) is 3.51. The molecule has 1 N–H and O–H groups in total. The zero-order valence-corrected chi connectivity index (χ0v) is 13.6. The molecule has 0 bridgehead atoms. The highest BCUT2D eigenvalue weighted by Gasteiger charge is 2.48. The molecule has 1 aromatic heterocycles. The Hall–Kier alpha value is -1.91. The smallest absolute Gasteiger partial charge is 0.263 e. The van der Waals surface area contributed by atoms with Gasteiger partial charge in [0.25, 0.3) is 5.91 Å². The number of nitrogens with zero attached hydrogens (tertiary/aromatic N) is 1. The van der Waals surface area contributed by atoms with Crippen molar-refractivity contribution in [1.82, 2.24) is 10.3 Å². The molecule has 0 fully saturated rings. The zero-order chi connectivity index (χ0) is 16.6. The van der Waals surface area contributed by atoms with E-state index in [2.05, 4.69) is 16.9 Å². The van der Waals surface area contributed by atoms with Crippen molar-refractivity contribution in [2.45, 2.75) is 18.6 Å². The van der Waals surface area contributed by atoms with Crippen LogP contribution in [0.3, 0.4) is 0 Å². The van der Waals surface area contributed by atoms with E-state index < -0.39 is 11.6 Å². The molecule has 1 aliphatic rings. The van der Waals surface area contributed by atoms with E-state index in [0.29, 0.717) is 26.9 Å². The molecule has 118 valence electrons. The highest BCUT2D eigenvalue weighted by Crippen LogP contribution is 2.45. The number of amides is 1. The monoisotopic (exact) mass is 350 g/mol. The first-order valence-electron chi connectivity index (χ1n) is 6.96. The first-order chi connectivity index (χ1) is 10.9. The normalized spacial score (nSPS) is 19.5. The third-order valence-corrected chi connectivity index (χ3v) is 4.43. The van der Waals surface area contributed by atoms with Gasteiger partial charge in [-0.25, -0.2) is 4.39 Å². The Labute approximate surface area is 143 Å². The molecule has 0 saturated heterocycles. The topological polar surface area (TPSA) is 42.0 Å². The Kier molecular flexibility index (Phi) is 4.13. The summed E-state index contributed by atoms with van der Waals surface area (Å²) in [6, 6.07) is 8.10. The van der Waals surface area contributed by atoms with Gasteiger partial charge in [0.2, 0.25) is 5.67 Å². The van der Waals surface area contributed by atoms with Crippen LogP contribution in [0.15, 0.2) is 43.1 Å². The number of rotatable bonds is 3. The molecule has 0 spiro atoms. The lowest BCUT2D eigenvalue weighted by Crippen LogP contribution is -2.39. The molecule has 0 aliphatic heterocycles. The van der Waals surface area contributed by atoms with Gasteiger partial charge in [0.15, 0.2) is 0 Å². The number of fused-ring (bicyclic) bond motifs is 1. The summed E-state index contributed by atoms with van der Waals surface area (Å²) in [5.74, 6) is -0.726. The standard InChI is InChI=1S/C17H13Cl2FN2O/c1-10-8-17(20,13-3-2-6-21-15(10)13)16(23)22-9-11-4-5-12(18)7-14(11)19/h2-7H,1,8-9H2,(H,22,23). The van der Waals surface area contributed by atoms with Crippen LogP contribution in [0.4, 0.5) is 4.39 Å². The number of nitrogens with one attached hydrogen (secondary N) is 1. The summed E-state index contributed by atoms with van der Waals surface area (Å²) in [6.07, 6.45) is 1.46. The molecule has 0 saturated carbocycles. The van der Waals surface area contributed by atoms with Crippen molar-refractivity contribution in [3.8, 4) is 0 Å². The predicted molar refractivity (Wildman–Crippen MR) is 89.0 cm³/mol. The molecule has 6 heteroatoms. The van der Waals surface area contributed by atoms with Gasteiger partial charge < -0.3 is 5.32 Å². The summed E-state index contributed by atoms with van der Waals surface area (Å²) in [5.41, 5.74) is -0.266. The van der Waals surface area contributed by atoms with Crippen molar-refractivity contribution in [3.63, 3.8) is 0 Å². The maximum Gasteiger partial charge on any atom is 0.263 e. The summed E-state index contributed by atoms with van der Waals surface area (Å²) in [7, 11) is 0. The van der Waals surface area contributed by atoms with Crippen LogP contribution in [-0.4, -0.2) is 10.9 Å². The van der Waals surface area contributed by atoms with Crippen LogP contribution in [0.1, 0.15) is 23.2 Å². The largest absolute Gasteiger partial charge is 0.349 e. The maximum absolute atomic E-state index is 15.2. The number of benzene rings is 1. The van der Waals surface area contributed by atoms with Gasteiger partial charge in [-0.05, 0) is 29.3 Å². The highest BCUT2D eigenvalue weighted by molar-refractivity contribution is 6.35. The van der Waals surface area contributed by atoms with E-state index in [1.807, 2.05) is 0 Å². The lowest BCUT2D eigenvalue weighted by molar-refractivity contribution is -0.133. The molecule has 3 nitrogen and oxygen atoms in total. The second kappa shape index (κ2) is 5.95. The lowest BCUT2D eigenvalue weighted by atomic mass is 9.98. The SMILES string of the molecule is C=C1CC(F)(C(=O)NCc2ccc(Cl)cc2Cl)c2cccnc21. The van der Waals surface area contributed by atoms with Gasteiger partial charge in [-0.2, -0.15) is 0 Å². The second-order valence-corrected chi connectivity index (χ2v) is 6.24. The minimum Gasteiger partial charge on any atom is -0.349 e. The average Bonchev–Trinajstić information content (AvgIpc) is 2.79. The third-order valence-electron chi connectivity index (χ3n) is 3.84. The molecule has 1 atom stereocenters. The minimum atomic E-state index is -2.15. The molecule has 23 heavy (non-hydrogen) atoms. The van der Waals surface area contributed by atoms with Crippen LogP contribution in [-0.2, 0) is 17.0 Å². The maximum atomic E-state index is 15.2. The quantitative estimate of drug-likeness (QED) is 0.897. The summed E-state index contributed by atoms with van der Waals surface area (Å²) >= 11 is 11.9. The van der Waals surface area contributed by atoms with Crippen LogP contribution < -0.4 is 5.32 Å². The van der Waals surface area contributed by atoms with Crippen molar-refractivity contribution in [3.05, 3.63) is 70.0 Å². The van der Waals surface area contributed by atoms with Crippen molar-refractivity contribution < 1.29 is 9.18 Å². The second-order valence-electron chi connectivity index (χ2n) is 5.40. The van der Waals surface area contributed by atoms with Gasteiger partial charge in [-0.3, -0.25) is 9.78 Å². The number of carbonyl (C=O) groups is 1. The predicted octanol–water partition coefficient (Wildman–Crippen LogP) is 4.29. The fourth-order valence-corrected chi connectivity index (χ4v) is 3.14. The van der Waals surface area contributed by atoms with Gasteiger partial charge in [-0.1, -0.05) is 41.9 Å². The number of hydrogen-bond acceptors (Lipinski definition) is 2. The van der Waals surface area contributed by atoms with Crippen molar-refractivity contribution in [1.29, 1.82) is 0 Å². The molecular formula is C17H13Cl2FN2O. The van der Waals surface area contributed by atoms with Gasteiger partial charge in [0.05, 0.1) is 5.69 Å². The number of allylic oxidation sites excluding steroid dienone is 1. The Morgan fingerprint density at radius 1 is 1.39 bits per heavy atom. The molecule has 2 aromatic rings. The van der Waals surface area contributed by atoms with Crippen LogP contribution in [0.25, 0.3) is 5.57 Å². The van der Waals surface area contributed by atoms with E-state index in [1.54, 1.807) is 36.5 Å². The van der Waals surface area contributed by atoms with Gasteiger partial charge >= 0.3 is 0 Å². The lowest BCUT2D eigenvalue weighted by Gasteiger charge is -2.20. The molecule has 1 heterocycles. The van der Waals surface area contributed by atoms with Gasteiger partial charge in [-0.15, -0.1) is 0 Å². The Morgan fingerprint density at radius 3 is 2.91 bits per heavy atom. The number of halogens is 3. The van der Waals surface area contributed by atoms with Crippen molar-refractivity contribution in [2.75, 3.05) is 0 Å². The van der Waals surface area contributed by atoms with E-state index in [4.69, 9.17) is 23.2 Å². The number of carbonyl (C=O) groups excluding carboxylic acids is 1. The van der Waals surface area contributed by atoms with E-state index >= 15 is 4.39 Å². The first kappa shape index (κ1) is 16.0. The molecule has 1 aromatic carbocycles. The first-order valence-corrected chi connectivity index (χ1v) is 7.72. The zero-order valence-electron chi connectivity index (χ0n) is 12.1. The average molecular weight is 351 g/mol. The van der Waals surface area contributed by atoms with Crippen molar-refractivity contribution in [2.24, 2.45) is 0 Å². The van der Waals surface area contributed by atoms with Gasteiger partial charge in [0, 0.05) is 34.8 Å². The molecular weight excluding hydrogens is 338 g/mol. The van der Waals surface area contributed by atoms with Crippen LogP contribution in [0.2, 0.25) is 10.0 Å². The van der Waals surface area contributed by atoms with Crippen LogP contribution in [0, 0.1) is 0 Å². The number of alkyl halides is 1. The van der Waals surface area contributed by atoms with E-state index in [0.717, 1.165) is 0 Å². The third kappa shape index (κ3) is 2.84. The fourth-order valence-electron chi connectivity index (χ4n) is 2.66. The Bertz CT molecular complexity index is 809. The van der Waals surface area contributed by atoms with E-state index in [1.165, 1.54) is 0 Å². The number of aromatic nitrogens is 1. The molecule has 3 rings (SSSR count). The fraction of sp³-hybridized carbons (Fsp3) is 0.176. The molecule has 1 unspecified atom stereocenters. The number of pyridine rings is 1. The van der Waals surface area contributed by atoms with Crippen LogP contribution >= 0.6 is 23.2 Å². The van der Waals surface area contributed by atoms with Gasteiger partial charge in [0.1, 0.15) is 0 Å². The highest BCUT2D eigenvalue weighted by atomic mass is 35.5. The van der Waals surface area contributed by atoms with Crippen molar-refractivity contribution >= 4 is 34.7 Å². The Morgan fingerprint density at radius 2 is 2.17 bits per heavy atom. The Balaban J connectivity index is 1.80. The minimum absolute atomic E-state index is 0.0977. The van der Waals surface area contributed by atoms with Crippen LogP contribution in [0.5, 0.6) is 0 Å².